The summed E-state index contributed by atoms with van der Waals surface area (Å²) >= 11 is 3.41. The molecule has 0 saturated heterocycles. The van der Waals surface area contributed by atoms with Gasteiger partial charge in [0, 0.05) is 11.0 Å². The second-order valence-corrected chi connectivity index (χ2v) is 8.95. The molecule has 2 aromatic carbocycles. The number of carbonyl (C=O) groups excluding carboxylic acids is 1. The Kier molecular flexibility index (Phi) is 6.26. The van der Waals surface area contributed by atoms with Crippen LogP contribution < -0.4 is 10.2 Å². The Balaban J connectivity index is 1.89. The van der Waals surface area contributed by atoms with Gasteiger partial charge in [0.25, 0.3) is 5.91 Å². The van der Waals surface area contributed by atoms with Crippen LogP contribution in [0.1, 0.15) is 41.1 Å². The van der Waals surface area contributed by atoms with Crippen LogP contribution in [0.15, 0.2) is 50.1 Å². The largest absolute Gasteiger partial charge is 0.504 e. The zero-order valence-electron chi connectivity index (χ0n) is 18.2. The first kappa shape index (κ1) is 22.4. The first-order valence-corrected chi connectivity index (χ1v) is 11.3. The average Bonchev–Trinajstić information content (AvgIpc) is 3.02. The van der Waals surface area contributed by atoms with Gasteiger partial charge >= 0.3 is 0 Å². The molecule has 168 valence electrons. The lowest BCUT2D eigenvalue weighted by Crippen LogP contribution is -2.32. The topological polar surface area (TPSA) is 83.2 Å². The third kappa shape index (κ3) is 4.00. The van der Waals surface area contributed by atoms with Crippen LogP contribution in [-0.4, -0.2) is 54.6 Å². The van der Waals surface area contributed by atoms with E-state index < -0.39 is 6.04 Å². The maximum absolute atomic E-state index is 13.6. The molecule has 8 heteroatoms. The summed E-state index contributed by atoms with van der Waals surface area (Å²) in [5.41, 5.74) is 1.14. The van der Waals surface area contributed by atoms with Gasteiger partial charge in [0.1, 0.15) is 5.58 Å². The Labute approximate surface area is 194 Å². The van der Waals surface area contributed by atoms with E-state index in [0.717, 1.165) is 17.4 Å². The highest BCUT2D eigenvalue weighted by molar-refractivity contribution is 9.10. The molecular weight excluding hydrogens is 476 g/mol. The summed E-state index contributed by atoms with van der Waals surface area (Å²) in [7, 11) is 3.95. The van der Waals surface area contributed by atoms with Crippen molar-refractivity contribution in [1.82, 2.24) is 9.80 Å². The van der Waals surface area contributed by atoms with Crippen LogP contribution in [0.2, 0.25) is 0 Å². The zero-order chi connectivity index (χ0) is 23.0. The monoisotopic (exact) mass is 500 g/mol. The van der Waals surface area contributed by atoms with Crippen LogP contribution in [0, 0.1) is 0 Å². The van der Waals surface area contributed by atoms with Gasteiger partial charge in [0.05, 0.1) is 23.6 Å². The van der Waals surface area contributed by atoms with Crippen LogP contribution >= 0.6 is 15.9 Å². The van der Waals surface area contributed by atoms with Gasteiger partial charge in [-0.25, -0.2) is 0 Å². The molecule has 1 amide bonds. The van der Waals surface area contributed by atoms with Gasteiger partial charge in [-0.05, 0) is 69.9 Å². The van der Waals surface area contributed by atoms with E-state index in [1.807, 2.05) is 25.9 Å². The van der Waals surface area contributed by atoms with E-state index in [1.165, 1.54) is 6.07 Å². The SMILES string of the molecule is CCOc1cc(C2c3c(oc4ccc(Br)cc4c3=O)C(=O)N2CCCN(C)C)ccc1O. The lowest BCUT2D eigenvalue weighted by molar-refractivity contribution is 0.0722. The van der Waals surface area contributed by atoms with E-state index in [-0.39, 0.29) is 22.8 Å². The molecule has 3 aromatic rings. The molecule has 1 aliphatic rings. The first-order chi connectivity index (χ1) is 15.3. The lowest BCUT2D eigenvalue weighted by atomic mass is 9.98. The highest BCUT2D eigenvalue weighted by Crippen LogP contribution is 2.41. The molecule has 2 heterocycles. The number of ether oxygens (including phenoxy) is 1. The van der Waals surface area contributed by atoms with Crippen LogP contribution in [-0.2, 0) is 0 Å². The number of benzene rings is 2. The summed E-state index contributed by atoms with van der Waals surface area (Å²) in [6.45, 7) is 3.45. The van der Waals surface area contributed by atoms with Crippen molar-refractivity contribution < 1.29 is 19.1 Å². The number of rotatable bonds is 7. The maximum Gasteiger partial charge on any atom is 0.290 e. The molecular formula is C24H25BrN2O5. The summed E-state index contributed by atoms with van der Waals surface area (Å²) < 4.78 is 12.3. The minimum Gasteiger partial charge on any atom is -0.504 e. The summed E-state index contributed by atoms with van der Waals surface area (Å²) in [5, 5.41) is 10.6. The highest BCUT2D eigenvalue weighted by Gasteiger charge is 2.42. The van der Waals surface area contributed by atoms with Gasteiger partial charge in [0.2, 0.25) is 5.76 Å². The predicted molar refractivity (Wildman–Crippen MR) is 126 cm³/mol. The third-order valence-corrected chi connectivity index (χ3v) is 6.02. The van der Waals surface area contributed by atoms with E-state index in [0.29, 0.717) is 41.0 Å². The van der Waals surface area contributed by atoms with E-state index >= 15 is 0 Å². The fourth-order valence-corrected chi connectivity index (χ4v) is 4.46. The smallest absolute Gasteiger partial charge is 0.290 e. The quantitative estimate of drug-likeness (QED) is 0.524. The van der Waals surface area contributed by atoms with Crippen molar-refractivity contribution in [3.8, 4) is 11.5 Å². The number of carbonyl (C=O) groups is 1. The first-order valence-electron chi connectivity index (χ1n) is 10.5. The number of amides is 1. The number of nitrogens with zero attached hydrogens (tertiary/aromatic N) is 2. The van der Waals surface area contributed by atoms with Crippen molar-refractivity contribution in [2.24, 2.45) is 0 Å². The van der Waals surface area contributed by atoms with Crippen molar-refractivity contribution in [3.05, 3.63) is 68.0 Å². The fraction of sp³-hybridized carbons (Fsp3) is 0.333. The molecule has 0 aliphatic carbocycles. The van der Waals surface area contributed by atoms with Crippen molar-refractivity contribution >= 4 is 32.8 Å². The van der Waals surface area contributed by atoms with Crippen LogP contribution in [0.3, 0.4) is 0 Å². The fourth-order valence-electron chi connectivity index (χ4n) is 4.10. The number of fused-ring (bicyclic) bond motifs is 2. The molecule has 0 spiro atoms. The number of phenols is 1. The standard InChI is InChI=1S/C24H25BrN2O5/c1-4-31-19-12-14(6-8-17(19)28)21-20-22(29)16-13-15(25)7-9-18(16)32-23(20)24(30)27(21)11-5-10-26(2)3/h6-9,12-13,21,28H,4-5,10-11H2,1-3H3. The minimum atomic E-state index is -0.626. The molecule has 4 rings (SSSR count). The second-order valence-electron chi connectivity index (χ2n) is 8.03. The van der Waals surface area contributed by atoms with E-state index in [9.17, 15) is 14.7 Å². The number of aromatic hydroxyl groups is 1. The Morgan fingerprint density at radius 2 is 1.97 bits per heavy atom. The molecule has 7 nitrogen and oxygen atoms in total. The average molecular weight is 501 g/mol. The Bertz CT molecular complexity index is 1240. The van der Waals surface area contributed by atoms with Gasteiger partial charge in [-0.3, -0.25) is 9.59 Å². The number of halogens is 1. The lowest BCUT2D eigenvalue weighted by Gasteiger charge is -2.26. The van der Waals surface area contributed by atoms with E-state index in [4.69, 9.17) is 9.15 Å². The maximum atomic E-state index is 13.6. The van der Waals surface area contributed by atoms with E-state index in [2.05, 4.69) is 15.9 Å². The molecule has 0 radical (unpaired) electrons. The molecule has 0 saturated carbocycles. The van der Waals surface area contributed by atoms with Gasteiger partial charge in [-0.15, -0.1) is 0 Å². The predicted octanol–water partition coefficient (Wildman–Crippen LogP) is 4.16. The van der Waals surface area contributed by atoms with Gasteiger partial charge in [-0.1, -0.05) is 22.0 Å². The normalized spacial score (nSPS) is 15.6. The Morgan fingerprint density at radius 1 is 1.19 bits per heavy atom. The molecule has 32 heavy (non-hydrogen) atoms. The second kappa shape index (κ2) is 8.96. The van der Waals surface area contributed by atoms with Crippen molar-refractivity contribution in [2.45, 2.75) is 19.4 Å². The van der Waals surface area contributed by atoms with Crippen molar-refractivity contribution in [1.29, 1.82) is 0 Å². The van der Waals surface area contributed by atoms with Crippen molar-refractivity contribution in [2.75, 3.05) is 33.8 Å². The van der Waals surface area contributed by atoms with Gasteiger partial charge < -0.3 is 24.1 Å². The molecule has 0 bridgehead atoms. The number of hydrogen-bond donors (Lipinski definition) is 1. The third-order valence-electron chi connectivity index (χ3n) is 5.53. The Hall–Kier alpha value is -2.84. The molecule has 0 fully saturated rings. The summed E-state index contributed by atoms with van der Waals surface area (Å²) in [6.07, 6.45) is 0.735. The van der Waals surface area contributed by atoms with Crippen molar-refractivity contribution in [3.63, 3.8) is 0 Å². The van der Waals surface area contributed by atoms with Crippen LogP contribution in [0.4, 0.5) is 0 Å². The van der Waals surface area contributed by atoms with Crippen LogP contribution in [0.5, 0.6) is 11.5 Å². The van der Waals surface area contributed by atoms with Gasteiger partial charge in [-0.2, -0.15) is 0 Å². The van der Waals surface area contributed by atoms with Crippen LogP contribution in [0.25, 0.3) is 11.0 Å². The minimum absolute atomic E-state index is 0.00813. The molecule has 1 unspecified atom stereocenters. The number of phenolic OH excluding ortho intramolecular Hbond substituents is 1. The molecule has 1 N–H and O–H groups in total. The summed E-state index contributed by atoms with van der Waals surface area (Å²) in [4.78, 5) is 30.7. The van der Waals surface area contributed by atoms with E-state index in [1.54, 1.807) is 35.2 Å². The zero-order valence-corrected chi connectivity index (χ0v) is 19.8. The Morgan fingerprint density at radius 3 is 2.69 bits per heavy atom. The molecule has 1 atom stereocenters. The molecule has 1 aromatic heterocycles. The highest BCUT2D eigenvalue weighted by atomic mass is 79.9. The summed E-state index contributed by atoms with van der Waals surface area (Å²) in [5.74, 6) is 0.0864. The van der Waals surface area contributed by atoms with Gasteiger partial charge in [0.15, 0.2) is 16.9 Å². The molecule has 1 aliphatic heterocycles. The number of hydrogen-bond acceptors (Lipinski definition) is 6. The summed E-state index contributed by atoms with van der Waals surface area (Å²) in [6, 6.07) is 9.48.